The third kappa shape index (κ3) is 2.95. The third-order valence-corrected chi connectivity index (χ3v) is 1.95. The van der Waals surface area contributed by atoms with E-state index in [1.165, 1.54) is 0 Å². The smallest absolute Gasteiger partial charge is 0.0868 e. The standard InChI is InChI=1S/C11H16N2.CH4/c1-5-6-8(2)11-10(4)13-9(3)7-12-11;/h7H,2,5-6H2,1,3-4H3;1H4. The monoisotopic (exact) mass is 192 g/mol. The van der Waals surface area contributed by atoms with Crippen molar-refractivity contribution in [1.29, 1.82) is 0 Å². The van der Waals surface area contributed by atoms with Crippen LogP contribution in [0.3, 0.4) is 0 Å². The van der Waals surface area contributed by atoms with Crippen LogP contribution in [0.25, 0.3) is 5.57 Å². The molecule has 1 aromatic heterocycles. The van der Waals surface area contributed by atoms with Crippen LogP contribution in [-0.2, 0) is 0 Å². The van der Waals surface area contributed by atoms with Crippen molar-refractivity contribution in [1.82, 2.24) is 9.97 Å². The van der Waals surface area contributed by atoms with E-state index in [2.05, 4.69) is 23.5 Å². The lowest BCUT2D eigenvalue weighted by Crippen LogP contribution is -1.97. The van der Waals surface area contributed by atoms with E-state index in [1.54, 1.807) is 6.20 Å². The molecular formula is C12H20N2. The molecule has 0 aliphatic rings. The summed E-state index contributed by atoms with van der Waals surface area (Å²) in [4.78, 5) is 8.69. The second-order valence-corrected chi connectivity index (χ2v) is 3.30. The molecule has 0 N–H and O–H groups in total. The summed E-state index contributed by atoms with van der Waals surface area (Å²) < 4.78 is 0. The Hall–Kier alpha value is -1.18. The number of allylic oxidation sites excluding steroid dienone is 1. The zero-order valence-electron chi connectivity index (χ0n) is 8.59. The fourth-order valence-electron chi connectivity index (χ4n) is 1.37. The Morgan fingerprint density at radius 1 is 1.43 bits per heavy atom. The second kappa shape index (κ2) is 5.53. The highest BCUT2D eigenvalue weighted by Gasteiger charge is 2.04. The first-order valence-electron chi connectivity index (χ1n) is 4.63. The lowest BCUT2D eigenvalue weighted by atomic mass is 10.1. The predicted octanol–water partition coefficient (Wildman–Crippen LogP) is 3.54. The molecule has 0 radical (unpaired) electrons. The van der Waals surface area contributed by atoms with Crippen LogP contribution in [0, 0.1) is 13.8 Å². The summed E-state index contributed by atoms with van der Waals surface area (Å²) in [7, 11) is 0. The summed E-state index contributed by atoms with van der Waals surface area (Å²) in [5, 5.41) is 0. The van der Waals surface area contributed by atoms with Crippen molar-refractivity contribution >= 4 is 5.57 Å². The molecule has 1 heterocycles. The predicted molar refractivity (Wildman–Crippen MR) is 62.2 cm³/mol. The molecule has 0 fully saturated rings. The van der Waals surface area contributed by atoms with Crippen LogP contribution in [0.5, 0.6) is 0 Å². The molecule has 0 bridgehead atoms. The average molecular weight is 192 g/mol. The fourth-order valence-corrected chi connectivity index (χ4v) is 1.37. The third-order valence-electron chi connectivity index (χ3n) is 1.95. The van der Waals surface area contributed by atoms with Crippen molar-refractivity contribution in [2.75, 3.05) is 0 Å². The number of hydrogen-bond acceptors (Lipinski definition) is 2. The first kappa shape index (κ1) is 12.8. The molecule has 0 aromatic carbocycles. The molecular weight excluding hydrogens is 172 g/mol. The van der Waals surface area contributed by atoms with Gasteiger partial charge in [-0.3, -0.25) is 9.97 Å². The van der Waals surface area contributed by atoms with Gasteiger partial charge in [0.15, 0.2) is 0 Å². The molecule has 0 atom stereocenters. The average Bonchev–Trinajstić information content (AvgIpc) is 2.04. The first-order valence-corrected chi connectivity index (χ1v) is 4.63. The molecule has 78 valence electrons. The number of rotatable bonds is 3. The van der Waals surface area contributed by atoms with Gasteiger partial charge in [0.2, 0.25) is 0 Å². The van der Waals surface area contributed by atoms with Crippen molar-refractivity contribution in [2.24, 2.45) is 0 Å². The number of hydrogen-bond donors (Lipinski definition) is 0. The summed E-state index contributed by atoms with van der Waals surface area (Å²) in [5.74, 6) is 0. The Bertz CT molecular complexity index is 316. The lowest BCUT2D eigenvalue weighted by Gasteiger charge is -2.06. The number of aryl methyl sites for hydroxylation is 2. The molecule has 0 unspecified atom stereocenters. The summed E-state index contributed by atoms with van der Waals surface area (Å²) in [6.07, 6.45) is 3.90. The topological polar surface area (TPSA) is 25.8 Å². The molecule has 1 rings (SSSR count). The Balaban J connectivity index is 0.00000169. The summed E-state index contributed by atoms with van der Waals surface area (Å²) in [6, 6.07) is 0. The lowest BCUT2D eigenvalue weighted by molar-refractivity contribution is 0.949. The highest BCUT2D eigenvalue weighted by atomic mass is 14.8. The van der Waals surface area contributed by atoms with Crippen LogP contribution in [0.1, 0.15) is 44.3 Å². The van der Waals surface area contributed by atoms with Crippen LogP contribution in [0.4, 0.5) is 0 Å². The van der Waals surface area contributed by atoms with E-state index in [0.717, 1.165) is 35.5 Å². The Morgan fingerprint density at radius 3 is 2.57 bits per heavy atom. The van der Waals surface area contributed by atoms with Crippen molar-refractivity contribution < 1.29 is 0 Å². The molecule has 0 aliphatic heterocycles. The van der Waals surface area contributed by atoms with Crippen molar-refractivity contribution in [2.45, 2.75) is 41.0 Å². The zero-order valence-corrected chi connectivity index (χ0v) is 8.59. The highest BCUT2D eigenvalue weighted by molar-refractivity contribution is 5.61. The minimum atomic E-state index is 0. The van der Waals surface area contributed by atoms with Gasteiger partial charge in [-0.1, -0.05) is 27.4 Å². The van der Waals surface area contributed by atoms with Crippen LogP contribution in [0.15, 0.2) is 12.8 Å². The van der Waals surface area contributed by atoms with Gasteiger partial charge < -0.3 is 0 Å². The highest BCUT2D eigenvalue weighted by Crippen LogP contribution is 2.17. The van der Waals surface area contributed by atoms with Crippen LogP contribution >= 0.6 is 0 Å². The maximum absolute atomic E-state index is 4.35. The fraction of sp³-hybridized carbons (Fsp3) is 0.500. The SMILES string of the molecule is C.C=C(CCC)c1ncc(C)nc1C. The molecule has 0 aliphatic carbocycles. The summed E-state index contributed by atoms with van der Waals surface area (Å²) >= 11 is 0. The van der Waals surface area contributed by atoms with Crippen LogP contribution in [-0.4, -0.2) is 9.97 Å². The molecule has 2 heteroatoms. The van der Waals surface area contributed by atoms with Gasteiger partial charge in [-0.25, -0.2) is 0 Å². The number of aromatic nitrogens is 2. The maximum atomic E-state index is 4.35. The minimum Gasteiger partial charge on any atom is -0.255 e. The minimum absolute atomic E-state index is 0. The van der Waals surface area contributed by atoms with Crippen molar-refractivity contribution in [3.8, 4) is 0 Å². The number of nitrogens with zero attached hydrogens (tertiary/aromatic N) is 2. The van der Waals surface area contributed by atoms with Gasteiger partial charge in [-0.05, 0) is 25.8 Å². The molecule has 14 heavy (non-hydrogen) atoms. The second-order valence-electron chi connectivity index (χ2n) is 3.30. The van der Waals surface area contributed by atoms with Gasteiger partial charge in [0.25, 0.3) is 0 Å². The quantitative estimate of drug-likeness (QED) is 0.732. The van der Waals surface area contributed by atoms with E-state index in [-0.39, 0.29) is 7.43 Å². The Morgan fingerprint density at radius 2 is 2.07 bits per heavy atom. The van der Waals surface area contributed by atoms with E-state index in [4.69, 9.17) is 0 Å². The first-order chi connectivity index (χ1) is 6.15. The molecule has 0 saturated carbocycles. The maximum Gasteiger partial charge on any atom is 0.0868 e. The van der Waals surface area contributed by atoms with E-state index in [1.807, 2.05) is 13.8 Å². The molecule has 0 saturated heterocycles. The summed E-state index contributed by atoms with van der Waals surface area (Å²) in [6.45, 7) is 10.1. The normalized spacial score (nSPS) is 9.36. The van der Waals surface area contributed by atoms with Crippen LogP contribution < -0.4 is 0 Å². The van der Waals surface area contributed by atoms with Gasteiger partial charge in [0, 0.05) is 6.20 Å². The van der Waals surface area contributed by atoms with E-state index in [9.17, 15) is 0 Å². The van der Waals surface area contributed by atoms with E-state index in [0.29, 0.717) is 0 Å². The molecule has 0 amide bonds. The molecule has 2 nitrogen and oxygen atoms in total. The Labute approximate surface area is 87.1 Å². The Kier molecular flexibility index (Phi) is 5.06. The van der Waals surface area contributed by atoms with Crippen molar-refractivity contribution in [3.05, 3.63) is 29.9 Å². The van der Waals surface area contributed by atoms with Gasteiger partial charge in [0.1, 0.15) is 0 Å². The van der Waals surface area contributed by atoms with Gasteiger partial charge in [0.05, 0.1) is 17.1 Å². The molecule has 0 spiro atoms. The van der Waals surface area contributed by atoms with Gasteiger partial charge >= 0.3 is 0 Å². The molecule has 1 aromatic rings. The summed E-state index contributed by atoms with van der Waals surface area (Å²) in [5.41, 5.74) is 4.00. The largest absolute Gasteiger partial charge is 0.255 e. The van der Waals surface area contributed by atoms with Crippen LogP contribution in [0.2, 0.25) is 0 Å². The van der Waals surface area contributed by atoms with Crippen molar-refractivity contribution in [3.63, 3.8) is 0 Å². The van der Waals surface area contributed by atoms with E-state index >= 15 is 0 Å². The zero-order chi connectivity index (χ0) is 9.84. The van der Waals surface area contributed by atoms with E-state index < -0.39 is 0 Å². The van der Waals surface area contributed by atoms with Gasteiger partial charge in [-0.15, -0.1) is 0 Å². The van der Waals surface area contributed by atoms with Gasteiger partial charge in [-0.2, -0.15) is 0 Å².